The number of hydrogen-bond donors (Lipinski definition) is 1. The normalized spacial score (nSPS) is 15.8. The van der Waals surface area contributed by atoms with Gasteiger partial charge in [0.2, 0.25) is 6.54 Å². The minimum Gasteiger partial charge on any atom is -0.495 e. The van der Waals surface area contributed by atoms with Crippen LogP contribution < -0.4 is 19.4 Å². The van der Waals surface area contributed by atoms with Crippen LogP contribution in [0.15, 0.2) is 42.7 Å². The van der Waals surface area contributed by atoms with Crippen molar-refractivity contribution in [2.75, 3.05) is 12.4 Å². The summed E-state index contributed by atoms with van der Waals surface area (Å²) < 4.78 is 12.9. The van der Waals surface area contributed by atoms with Gasteiger partial charge in [-0.3, -0.25) is 4.79 Å². The second-order valence-electron chi connectivity index (χ2n) is 5.39. The van der Waals surface area contributed by atoms with E-state index in [9.17, 15) is 4.79 Å². The molecule has 1 aliphatic heterocycles. The molecule has 0 bridgehead atoms. The lowest BCUT2D eigenvalue weighted by Crippen LogP contribution is -2.39. The van der Waals surface area contributed by atoms with Crippen LogP contribution in [0.2, 0.25) is 0 Å². The zero-order valence-corrected chi connectivity index (χ0v) is 12.7. The van der Waals surface area contributed by atoms with Crippen molar-refractivity contribution in [2.24, 2.45) is 0 Å². The highest BCUT2D eigenvalue weighted by Gasteiger charge is 2.22. The zero-order chi connectivity index (χ0) is 15.5. The number of aromatic nitrogens is 1. The van der Waals surface area contributed by atoms with Gasteiger partial charge in [-0.15, -0.1) is 0 Å². The number of anilines is 1. The van der Waals surface area contributed by atoms with Crippen LogP contribution in [0.5, 0.6) is 11.5 Å². The van der Waals surface area contributed by atoms with Crippen molar-refractivity contribution in [3.63, 3.8) is 0 Å². The lowest BCUT2D eigenvalue weighted by atomic mass is 10.1. The van der Waals surface area contributed by atoms with Crippen molar-refractivity contribution in [3.05, 3.63) is 48.3 Å². The molecular weight excluding hydrogens is 280 g/mol. The first kappa shape index (κ1) is 14.4. The first-order valence-electron chi connectivity index (χ1n) is 7.27. The lowest BCUT2D eigenvalue weighted by molar-refractivity contribution is -0.684. The molecule has 1 N–H and O–H groups in total. The van der Waals surface area contributed by atoms with E-state index in [4.69, 9.17) is 9.47 Å². The number of benzene rings is 1. The van der Waals surface area contributed by atoms with Gasteiger partial charge in [-0.25, -0.2) is 0 Å². The van der Waals surface area contributed by atoms with Crippen molar-refractivity contribution in [2.45, 2.75) is 26.0 Å². The number of fused-ring (bicyclic) bond motifs is 1. The van der Waals surface area contributed by atoms with Crippen LogP contribution in [0.25, 0.3) is 0 Å². The van der Waals surface area contributed by atoms with E-state index in [0.717, 1.165) is 17.7 Å². The molecule has 1 unspecified atom stereocenters. The fourth-order valence-electron chi connectivity index (χ4n) is 2.60. The Bertz CT molecular complexity index is 686. The number of pyridine rings is 1. The van der Waals surface area contributed by atoms with Gasteiger partial charge in [-0.2, -0.15) is 4.57 Å². The van der Waals surface area contributed by atoms with E-state index in [1.165, 1.54) is 0 Å². The highest BCUT2D eigenvalue weighted by molar-refractivity contribution is 5.91. The van der Waals surface area contributed by atoms with Gasteiger partial charge < -0.3 is 14.8 Å². The molecule has 0 saturated heterocycles. The molecule has 1 aromatic heterocycles. The van der Waals surface area contributed by atoms with Gasteiger partial charge in [0.05, 0.1) is 12.8 Å². The Kier molecular flexibility index (Phi) is 3.96. The van der Waals surface area contributed by atoms with Crippen LogP contribution in [0.4, 0.5) is 5.69 Å². The van der Waals surface area contributed by atoms with E-state index in [1.807, 2.05) is 54.2 Å². The highest BCUT2D eigenvalue weighted by Crippen LogP contribution is 2.37. The molecule has 1 aromatic carbocycles. The van der Waals surface area contributed by atoms with E-state index < -0.39 is 0 Å². The number of rotatable bonds is 4. The van der Waals surface area contributed by atoms with E-state index >= 15 is 0 Å². The fourth-order valence-corrected chi connectivity index (χ4v) is 2.60. The number of carbonyl (C=O) groups is 1. The van der Waals surface area contributed by atoms with E-state index in [-0.39, 0.29) is 18.6 Å². The third-order valence-corrected chi connectivity index (χ3v) is 3.60. The van der Waals surface area contributed by atoms with Gasteiger partial charge in [-0.05, 0) is 13.0 Å². The Labute approximate surface area is 129 Å². The molecule has 5 heteroatoms. The fraction of sp³-hybridized carbons (Fsp3) is 0.294. The van der Waals surface area contributed by atoms with E-state index in [1.54, 1.807) is 7.11 Å². The molecule has 0 saturated carbocycles. The van der Waals surface area contributed by atoms with Gasteiger partial charge in [-0.1, -0.05) is 6.07 Å². The maximum Gasteiger partial charge on any atom is 0.290 e. The summed E-state index contributed by atoms with van der Waals surface area (Å²) in [6.07, 6.45) is 4.72. The first-order valence-corrected chi connectivity index (χ1v) is 7.27. The number of hydrogen-bond acceptors (Lipinski definition) is 3. The van der Waals surface area contributed by atoms with Gasteiger partial charge in [0.25, 0.3) is 5.91 Å². The van der Waals surface area contributed by atoms with Crippen molar-refractivity contribution in [1.82, 2.24) is 0 Å². The first-order chi connectivity index (χ1) is 10.7. The number of nitrogens with one attached hydrogen (secondary N) is 1. The average Bonchev–Trinajstić information content (AvgIpc) is 2.86. The van der Waals surface area contributed by atoms with Crippen molar-refractivity contribution in [1.29, 1.82) is 0 Å². The topological polar surface area (TPSA) is 51.4 Å². The zero-order valence-electron chi connectivity index (χ0n) is 12.7. The van der Waals surface area contributed by atoms with Crippen molar-refractivity contribution < 1.29 is 18.8 Å². The van der Waals surface area contributed by atoms with Crippen LogP contribution in [0.3, 0.4) is 0 Å². The second kappa shape index (κ2) is 6.05. The summed E-state index contributed by atoms with van der Waals surface area (Å²) in [4.78, 5) is 12.2. The molecule has 1 aliphatic rings. The van der Waals surface area contributed by atoms with Crippen molar-refractivity contribution >= 4 is 11.6 Å². The van der Waals surface area contributed by atoms with Gasteiger partial charge in [0.15, 0.2) is 12.4 Å². The summed E-state index contributed by atoms with van der Waals surface area (Å²) in [6.45, 7) is 2.27. The standard InChI is InChI=1S/C17H18N2O3/c1-12-8-13-9-16(21-2)14(10-15(13)22-12)18-17(20)11-19-6-4-3-5-7-19/h3-7,9-10,12H,8,11H2,1-2H3/p+1. The number of carbonyl (C=O) groups excluding carboxylic acids is 1. The summed E-state index contributed by atoms with van der Waals surface area (Å²) in [5, 5.41) is 2.89. The molecule has 3 rings (SSSR count). The predicted octanol–water partition coefficient (Wildman–Crippen LogP) is 1.94. The number of nitrogens with zero attached hydrogens (tertiary/aromatic N) is 1. The van der Waals surface area contributed by atoms with Crippen molar-refractivity contribution in [3.8, 4) is 11.5 Å². The molecule has 0 radical (unpaired) electrons. The Hall–Kier alpha value is -2.56. The van der Waals surface area contributed by atoms with Gasteiger partial charge in [0, 0.05) is 30.2 Å². The summed E-state index contributed by atoms with van der Waals surface area (Å²) in [5.41, 5.74) is 1.75. The molecule has 22 heavy (non-hydrogen) atoms. The molecule has 0 spiro atoms. The quantitative estimate of drug-likeness (QED) is 0.878. The molecule has 2 aromatic rings. The average molecular weight is 299 g/mol. The van der Waals surface area contributed by atoms with Crippen LogP contribution >= 0.6 is 0 Å². The molecule has 1 atom stereocenters. The Morgan fingerprint density at radius 3 is 2.86 bits per heavy atom. The van der Waals surface area contributed by atoms with Crippen LogP contribution in [-0.2, 0) is 17.8 Å². The smallest absolute Gasteiger partial charge is 0.290 e. The van der Waals surface area contributed by atoms with E-state index in [0.29, 0.717) is 11.4 Å². The Morgan fingerprint density at radius 2 is 2.14 bits per heavy atom. The second-order valence-corrected chi connectivity index (χ2v) is 5.39. The summed E-state index contributed by atoms with van der Waals surface area (Å²) in [7, 11) is 1.60. The van der Waals surface area contributed by atoms with Crippen LogP contribution in [0.1, 0.15) is 12.5 Å². The Morgan fingerprint density at radius 1 is 1.36 bits per heavy atom. The molecular formula is C17H19N2O3+. The largest absolute Gasteiger partial charge is 0.495 e. The molecule has 114 valence electrons. The predicted molar refractivity (Wildman–Crippen MR) is 82.1 cm³/mol. The summed E-state index contributed by atoms with van der Waals surface area (Å²) >= 11 is 0. The lowest BCUT2D eigenvalue weighted by Gasteiger charge is -2.11. The highest BCUT2D eigenvalue weighted by atomic mass is 16.5. The Balaban J connectivity index is 1.77. The van der Waals surface area contributed by atoms with Gasteiger partial charge >= 0.3 is 0 Å². The summed E-state index contributed by atoms with van der Waals surface area (Å²) in [5.74, 6) is 1.36. The minimum atomic E-state index is -0.111. The minimum absolute atomic E-state index is 0.111. The molecule has 2 heterocycles. The number of methoxy groups -OCH3 is 1. The monoisotopic (exact) mass is 299 g/mol. The number of ether oxygens (including phenoxy) is 2. The third-order valence-electron chi connectivity index (χ3n) is 3.60. The van der Waals surface area contributed by atoms with Gasteiger partial charge in [0.1, 0.15) is 17.6 Å². The molecule has 0 aliphatic carbocycles. The molecule has 0 fully saturated rings. The maximum atomic E-state index is 12.2. The molecule has 5 nitrogen and oxygen atoms in total. The van der Waals surface area contributed by atoms with Crippen LogP contribution in [0, 0.1) is 0 Å². The maximum absolute atomic E-state index is 12.2. The summed E-state index contributed by atoms with van der Waals surface area (Å²) in [6, 6.07) is 9.46. The SMILES string of the molecule is COc1cc2c(cc1NC(=O)C[n+]1ccccc1)OC(C)C2. The van der Waals surface area contributed by atoms with E-state index in [2.05, 4.69) is 5.32 Å². The number of amides is 1. The van der Waals surface area contributed by atoms with Crippen LogP contribution in [-0.4, -0.2) is 19.1 Å². The third kappa shape index (κ3) is 3.03. The molecule has 1 amide bonds.